The van der Waals surface area contributed by atoms with E-state index in [2.05, 4.69) is 32.2 Å². The van der Waals surface area contributed by atoms with Gasteiger partial charge in [-0.2, -0.15) is 0 Å². The van der Waals surface area contributed by atoms with Gasteiger partial charge in [0.05, 0.1) is 17.5 Å². The van der Waals surface area contributed by atoms with Gasteiger partial charge in [-0.05, 0) is 41.4 Å². The summed E-state index contributed by atoms with van der Waals surface area (Å²) in [4.78, 5) is 14.2. The predicted octanol–water partition coefficient (Wildman–Crippen LogP) is 2.17. The van der Waals surface area contributed by atoms with Crippen molar-refractivity contribution in [3.05, 3.63) is 28.2 Å². The zero-order valence-corrected chi connectivity index (χ0v) is 13.1. The maximum atomic E-state index is 11.8. The summed E-state index contributed by atoms with van der Waals surface area (Å²) in [6.07, 6.45) is 2.10. The van der Waals surface area contributed by atoms with E-state index in [9.17, 15) is 4.79 Å². The lowest BCUT2D eigenvalue weighted by Gasteiger charge is -2.36. The zero-order chi connectivity index (χ0) is 14.1. The largest absolute Gasteiger partial charge is 0.495 e. The molecule has 108 valence electrons. The molecule has 1 aromatic carbocycles. The van der Waals surface area contributed by atoms with Gasteiger partial charge in [-0.15, -0.1) is 0 Å². The summed E-state index contributed by atoms with van der Waals surface area (Å²) in [7, 11) is 1.70. The van der Waals surface area contributed by atoms with Crippen LogP contribution in [0.2, 0.25) is 0 Å². The molecule has 0 unspecified atom stereocenters. The summed E-state index contributed by atoms with van der Waals surface area (Å²) >= 11 is 3.53. The van der Waals surface area contributed by atoms with Gasteiger partial charge < -0.3 is 10.1 Å². The number of amides is 1. The normalized spacial score (nSPS) is 26.2. The summed E-state index contributed by atoms with van der Waals surface area (Å²) in [5.74, 6) is 1.29. The highest BCUT2D eigenvalue weighted by Gasteiger charge is 2.40. The van der Waals surface area contributed by atoms with Crippen molar-refractivity contribution in [2.75, 3.05) is 20.2 Å². The van der Waals surface area contributed by atoms with Gasteiger partial charge in [-0.3, -0.25) is 9.69 Å². The minimum absolute atomic E-state index is 0.168. The van der Waals surface area contributed by atoms with Crippen LogP contribution < -0.4 is 10.1 Å². The standard InChI is InChI=1S/C15H19BrN2O2/c1-20-14-10(4-2-6-12(14)16)9-18-7-3-5-11-13(18)8-17-15(11)19/h2,4,6,11,13H,3,5,7-9H2,1H3,(H,17,19)/t11-,13-/m1/s1. The first kappa shape index (κ1) is 13.9. The third-order valence-electron chi connectivity index (χ3n) is 4.34. The molecule has 0 bridgehead atoms. The summed E-state index contributed by atoms with van der Waals surface area (Å²) in [6.45, 7) is 2.66. The number of nitrogens with zero attached hydrogens (tertiary/aromatic N) is 1. The molecular formula is C15H19BrN2O2. The number of nitrogens with one attached hydrogen (secondary N) is 1. The molecule has 2 saturated heterocycles. The van der Waals surface area contributed by atoms with E-state index in [1.54, 1.807) is 7.11 Å². The second-order valence-electron chi connectivity index (χ2n) is 5.46. The molecule has 0 radical (unpaired) electrons. The number of benzene rings is 1. The topological polar surface area (TPSA) is 41.6 Å². The smallest absolute Gasteiger partial charge is 0.224 e. The average Bonchev–Trinajstić information content (AvgIpc) is 2.82. The van der Waals surface area contributed by atoms with Gasteiger partial charge in [0.15, 0.2) is 0 Å². The number of rotatable bonds is 3. The number of piperidine rings is 1. The van der Waals surface area contributed by atoms with E-state index in [1.807, 2.05) is 12.1 Å². The molecule has 2 aliphatic rings. The van der Waals surface area contributed by atoms with Crippen LogP contribution in [0, 0.1) is 5.92 Å². The number of halogens is 1. The molecule has 4 nitrogen and oxygen atoms in total. The molecule has 0 spiro atoms. The zero-order valence-electron chi connectivity index (χ0n) is 11.6. The predicted molar refractivity (Wildman–Crippen MR) is 80.6 cm³/mol. The SMILES string of the molecule is COc1c(Br)cccc1CN1CCC[C@H]2C(=O)NC[C@H]21. The first-order valence-corrected chi connectivity index (χ1v) is 7.83. The third-order valence-corrected chi connectivity index (χ3v) is 4.97. The molecule has 1 N–H and O–H groups in total. The quantitative estimate of drug-likeness (QED) is 0.918. The highest BCUT2D eigenvalue weighted by molar-refractivity contribution is 9.10. The van der Waals surface area contributed by atoms with Crippen molar-refractivity contribution in [3.8, 4) is 5.75 Å². The van der Waals surface area contributed by atoms with Crippen molar-refractivity contribution in [2.24, 2.45) is 5.92 Å². The summed E-state index contributed by atoms with van der Waals surface area (Å²) in [6, 6.07) is 6.45. The van der Waals surface area contributed by atoms with Crippen LogP contribution in [0.5, 0.6) is 5.75 Å². The van der Waals surface area contributed by atoms with Crippen LogP contribution in [0.4, 0.5) is 0 Å². The van der Waals surface area contributed by atoms with Gasteiger partial charge in [-0.25, -0.2) is 0 Å². The Balaban J connectivity index is 1.81. The van der Waals surface area contributed by atoms with Crippen molar-refractivity contribution in [3.63, 3.8) is 0 Å². The summed E-state index contributed by atoms with van der Waals surface area (Å²) < 4.78 is 6.47. The molecule has 2 fully saturated rings. The number of likely N-dealkylation sites (tertiary alicyclic amines) is 1. The fourth-order valence-electron chi connectivity index (χ4n) is 3.36. The van der Waals surface area contributed by atoms with Crippen molar-refractivity contribution in [1.82, 2.24) is 10.2 Å². The molecule has 0 saturated carbocycles. The van der Waals surface area contributed by atoms with Gasteiger partial charge >= 0.3 is 0 Å². The van der Waals surface area contributed by atoms with E-state index < -0.39 is 0 Å². The third kappa shape index (κ3) is 2.44. The van der Waals surface area contributed by atoms with Crippen LogP contribution in [0.1, 0.15) is 18.4 Å². The van der Waals surface area contributed by atoms with Gasteiger partial charge in [0.25, 0.3) is 0 Å². The Kier molecular flexibility index (Phi) is 3.98. The monoisotopic (exact) mass is 338 g/mol. The molecule has 1 aromatic rings. The van der Waals surface area contributed by atoms with E-state index in [0.717, 1.165) is 42.7 Å². The molecule has 20 heavy (non-hydrogen) atoms. The van der Waals surface area contributed by atoms with Crippen molar-refractivity contribution < 1.29 is 9.53 Å². The van der Waals surface area contributed by atoms with Gasteiger partial charge in [0, 0.05) is 24.7 Å². The number of hydrogen-bond donors (Lipinski definition) is 1. The Hall–Kier alpha value is -1.07. The van der Waals surface area contributed by atoms with E-state index >= 15 is 0 Å². The maximum absolute atomic E-state index is 11.8. The van der Waals surface area contributed by atoms with E-state index in [-0.39, 0.29) is 11.8 Å². The van der Waals surface area contributed by atoms with Crippen LogP contribution in [-0.2, 0) is 11.3 Å². The van der Waals surface area contributed by atoms with E-state index in [0.29, 0.717) is 6.04 Å². The molecule has 0 aromatic heterocycles. The van der Waals surface area contributed by atoms with Gasteiger partial charge in [-0.1, -0.05) is 12.1 Å². The molecule has 2 atom stereocenters. The highest BCUT2D eigenvalue weighted by atomic mass is 79.9. The van der Waals surface area contributed by atoms with Crippen LogP contribution in [0.25, 0.3) is 0 Å². The van der Waals surface area contributed by atoms with Gasteiger partial charge in [0.2, 0.25) is 5.91 Å². The fourth-order valence-corrected chi connectivity index (χ4v) is 3.93. The molecule has 2 heterocycles. The number of carbonyl (C=O) groups excluding carboxylic acids is 1. The first-order chi connectivity index (χ1) is 9.70. The average molecular weight is 339 g/mol. The summed E-state index contributed by atoms with van der Waals surface area (Å²) in [5.41, 5.74) is 1.17. The van der Waals surface area contributed by atoms with Crippen molar-refractivity contribution >= 4 is 21.8 Å². The molecule has 2 aliphatic heterocycles. The molecule has 0 aliphatic carbocycles. The minimum Gasteiger partial charge on any atom is -0.495 e. The lowest BCUT2D eigenvalue weighted by atomic mass is 9.91. The fraction of sp³-hybridized carbons (Fsp3) is 0.533. The molecule has 5 heteroatoms. The molecular weight excluding hydrogens is 320 g/mol. The Morgan fingerprint density at radius 1 is 1.50 bits per heavy atom. The number of methoxy groups -OCH3 is 1. The van der Waals surface area contributed by atoms with Crippen LogP contribution >= 0.6 is 15.9 Å². The second kappa shape index (κ2) is 5.74. The first-order valence-electron chi connectivity index (χ1n) is 7.04. The van der Waals surface area contributed by atoms with Crippen molar-refractivity contribution in [2.45, 2.75) is 25.4 Å². The Labute approximate surface area is 127 Å². The highest BCUT2D eigenvalue weighted by Crippen LogP contribution is 2.33. The lowest BCUT2D eigenvalue weighted by molar-refractivity contribution is -0.124. The number of ether oxygens (including phenoxy) is 1. The molecule has 1 amide bonds. The van der Waals surface area contributed by atoms with E-state index in [1.165, 1.54) is 5.56 Å². The van der Waals surface area contributed by atoms with E-state index in [4.69, 9.17) is 4.74 Å². The minimum atomic E-state index is 0.168. The Morgan fingerprint density at radius 3 is 3.15 bits per heavy atom. The summed E-state index contributed by atoms with van der Waals surface area (Å²) in [5, 5.41) is 3.00. The Bertz CT molecular complexity index is 521. The van der Waals surface area contributed by atoms with Crippen molar-refractivity contribution in [1.29, 1.82) is 0 Å². The lowest BCUT2D eigenvalue weighted by Crippen LogP contribution is -2.44. The second-order valence-corrected chi connectivity index (χ2v) is 6.32. The van der Waals surface area contributed by atoms with Crippen LogP contribution in [0.3, 0.4) is 0 Å². The Morgan fingerprint density at radius 2 is 2.35 bits per heavy atom. The number of carbonyl (C=O) groups is 1. The van der Waals surface area contributed by atoms with Crippen LogP contribution in [-0.4, -0.2) is 37.0 Å². The maximum Gasteiger partial charge on any atom is 0.224 e. The number of para-hydroxylation sites is 1. The van der Waals surface area contributed by atoms with Gasteiger partial charge in [0.1, 0.15) is 5.75 Å². The number of hydrogen-bond acceptors (Lipinski definition) is 3. The van der Waals surface area contributed by atoms with Crippen LogP contribution in [0.15, 0.2) is 22.7 Å². The number of fused-ring (bicyclic) bond motifs is 1. The molecule has 3 rings (SSSR count).